The molecule has 1 amide bonds. The third-order valence-electron chi connectivity index (χ3n) is 7.80. The molecule has 6 nitrogen and oxygen atoms in total. The number of amides is 1. The van der Waals surface area contributed by atoms with E-state index in [9.17, 15) is 4.79 Å². The smallest absolute Gasteiger partial charge is 0.230 e. The van der Waals surface area contributed by atoms with Crippen LogP contribution in [-0.2, 0) is 11.3 Å². The largest absolute Gasteiger partial charge is 0.467 e. The van der Waals surface area contributed by atoms with E-state index in [0.29, 0.717) is 17.7 Å². The van der Waals surface area contributed by atoms with Crippen LogP contribution >= 0.6 is 11.8 Å². The van der Waals surface area contributed by atoms with Crippen LogP contribution in [0.1, 0.15) is 44.3 Å². The molecule has 0 unspecified atom stereocenters. The van der Waals surface area contributed by atoms with Crippen molar-refractivity contribution >= 4 is 17.7 Å². The van der Waals surface area contributed by atoms with Gasteiger partial charge in [0, 0.05) is 12.1 Å². The van der Waals surface area contributed by atoms with Crippen LogP contribution in [0.3, 0.4) is 0 Å². The van der Waals surface area contributed by atoms with Crippen LogP contribution in [0, 0.1) is 23.2 Å². The monoisotopic (exact) mass is 462 g/mol. The SMILES string of the molecule is O=C(CSc1nnc(-c2ccccc2)n1Cc1ccco1)NCC12CC3CC(CC(C3)C1)C2. The molecule has 1 aromatic carbocycles. The van der Waals surface area contributed by atoms with Gasteiger partial charge < -0.3 is 9.73 Å². The maximum atomic E-state index is 12.8. The Morgan fingerprint density at radius 3 is 2.42 bits per heavy atom. The van der Waals surface area contributed by atoms with Crippen LogP contribution in [0.25, 0.3) is 11.4 Å². The maximum absolute atomic E-state index is 12.8. The highest BCUT2D eigenvalue weighted by molar-refractivity contribution is 7.99. The lowest BCUT2D eigenvalue weighted by atomic mass is 9.49. The van der Waals surface area contributed by atoms with Gasteiger partial charge in [0.2, 0.25) is 5.91 Å². The molecule has 33 heavy (non-hydrogen) atoms. The minimum Gasteiger partial charge on any atom is -0.467 e. The van der Waals surface area contributed by atoms with Gasteiger partial charge in [-0.25, -0.2) is 0 Å². The Morgan fingerprint density at radius 1 is 1.03 bits per heavy atom. The number of benzene rings is 1. The van der Waals surface area contributed by atoms with Crippen LogP contribution < -0.4 is 5.32 Å². The molecule has 7 rings (SSSR count). The molecule has 0 spiro atoms. The van der Waals surface area contributed by atoms with Gasteiger partial charge in [-0.3, -0.25) is 9.36 Å². The lowest BCUT2D eigenvalue weighted by Crippen LogP contribution is -2.51. The average molecular weight is 463 g/mol. The first kappa shape index (κ1) is 21.0. The third kappa shape index (κ3) is 4.35. The molecule has 172 valence electrons. The predicted molar refractivity (Wildman–Crippen MR) is 128 cm³/mol. The highest BCUT2D eigenvalue weighted by Crippen LogP contribution is 2.59. The van der Waals surface area contributed by atoms with Gasteiger partial charge in [-0.2, -0.15) is 0 Å². The quantitative estimate of drug-likeness (QED) is 0.476. The predicted octanol–water partition coefficient (Wildman–Crippen LogP) is 5.01. The number of carbonyl (C=O) groups excluding carboxylic acids is 1. The number of hydrogen-bond donors (Lipinski definition) is 1. The Labute approximate surface area is 198 Å². The van der Waals surface area contributed by atoms with E-state index in [4.69, 9.17) is 4.42 Å². The van der Waals surface area contributed by atoms with Crippen molar-refractivity contribution in [3.05, 3.63) is 54.5 Å². The van der Waals surface area contributed by atoms with E-state index in [1.54, 1.807) is 6.26 Å². The number of nitrogens with zero attached hydrogens (tertiary/aromatic N) is 3. The molecule has 0 atom stereocenters. The second-order valence-corrected chi connectivity index (χ2v) is 11.3. The Bertz CT molecular complexity index is 1070. The molecule has 7 heteroatoms. The van der Waals surface area contributed by atoms with E-state index in [1.165, 1.54) is 50.3 Å². The molecule has 0 radical (unpaired) electrons. The van der Waals surface area contributed by atoms with Crippen LogP contribution in [0.5, 0.6) is 0 Å². The van der Waals surface area contributed by atoms with Gasteiger partial charge in [0.15, 0.2) is 11.0 Å². The van der Waals surface area contributed by atoms with Gasteiger partial charge in [-0.15, -0.1) is 10.2 Å². The lowest BCUT2D eigenvalue weighted by molar-refractivity contribution is -0.120. The fraction of sp³-hybridized carbons (Fsp3) is 0.500. The van der Waals surface area contributed by atoms with Crippen molar-refractivity contribution in [2.24, 2.45) is 23.2 Å². The minimum atomic E-state index is 0.0876. The number of aromatic nitrogens is 3. The summed E-state index contributed by atoms with van der Waals surface area (Å²) < 4.78 is 7.60. The summed E-state index contributed by atoms with van der Waals surface area (Å²) in [5.41, 5.74) is 1.35. The maximum Gasteiger partial charge on any atom is 0.230 e. The van der Waals surface area contributed by atoms with Crippen molar-refractivity contribution in [1.82, 2.24) is 20.1 Å². The molecular weight excluding hydrogens is 432 g/mol. The highest BCUT2D eigenvalue weighted by Gasteiger charge is 2.50. The molecule has 0 saturated heterocycles. The van der Waals surface area contributed by atoms with Gasteiger partial charge in [0.1, 0.15) is 5.76 Å². The summed E-state index contributed by atoms with van der Waals surface area (Å²) in [6.45, 7) is 1.37. The van der Waals surface area contributed by atoms with Crippen molar-refractivity contribution in [3.63, 3.8) is 0 Å². The first-order valence-corrected chi connectivity index (χ1v) is 13.0. The first-order chi connectivity index (χ1) is 16.2. The minimum absolute atomic E-state index is 0.0876. The topological polar surface area (TPSA) is 73.0 Å². The molecule has 2 heterocycles. The van der Waals surface area contributed by atoms with Crippen LogP contribution in [0.4, 0.5) is 0 Å². The van der Waals surface area contributed by atoms with Crippen molar-refractivity contribution in [3.8, 4) is 11.4 Å². The number of carbonyl (C=O) groups is 1. The van der Waals surface area contributed by atoms with Gasteiger partial charge in [0.25, 0.3) is 0 Å². The van der Waals surface area contributed by atoms with E-state index in [-0.39, 0.29) is 5.91 Å². The highest BCUT2D eigenvalue weighted by atomic mass is 32.2. The van der Waals surface area contributed by atoms with Gasteiger partial charge in [-0.1, -0.05) is 42.1 Å². The van der Waals surface area contributed by atoms with E-state index >= 15 is 0 Å². The van der Waals surface area contributed by atoms with Crippen LogP contribution in [0.2, 0.25) is 0 Å². The number of rotatable bonds is 8. The number of furan rings is 1. The standard InChI is InChI=1S/C26H30N4O2S/c31-23(27-17-26-12-18-9-19(13-26)11-20(10-18)14-26)16-33-25-29-28-24(21-5-2-1-3-6-21)30(25)15-22-7-4-8-32-22/h1-8,18-20H,9-17H2,(H,27,31). The van der Waals surface area contributed by atoms with Crippen molar-refractivity contribution in [2.75, 3.05) is 12.3 Å². The molecule has 1 N–H and O–H groups in total. The number of nitrogens with one attached hydrogen (secondary N) is 1. The Kier molecular flexibility index (Phi) is 5.52. The average Bonchev–Trinajstić information content (AvgIpc) is 3.46. The fourth-order valence-corrected chi connectivity index (χ4v) is 7.64. The second kappa shape index (κ2) is 8.67. The summed E-state index contributed by atoms with van der Waals surface area (Å²) >= 11 is 1.45. The molecule has 4 aliphatic carbocycles. The lowest BCUT2D eigenvalue weighted by Gasteiger charge is -2.56. The summed E-state index contributed by atoms with van der Waals surface area (Å²) in [5, 5.41) is 12.9. The summed E-state index contributed by atoms with van der Waals surface area (Å²) in [7, 11) is 0. The Hall–Kier alpha value is -2.54. The van der Waals surface area contributed by atoms with E-state index < -0.39 is 0 Å². The summed E-state index contributed by atoms with van der Waals surface area (Å²) in [6, 6.07) is 13.8. The molecule has 4 bridgehead atoms. The van der Waals surface area contributed by atoms with Gasteiger partial charge in [-0.05, 0) is 73.8 Å². The zero-order valence-corrected chi connectivity index (χ0v) is 19.6. The molecule has 4 fully saturated rings. The van der Waals surface area contributed by atoms with Gasteiger partial charge >= 0.3 is 0 Å². The van der Waals surface area contributed by atoms with E-state index in [1.807, 2.05) is 47.0 Å². The summed E-state index contributed by atoms with van der Waals surface area (Å²) in [5.74, 6) is 4.75. The number of thioether (sulfide) groups is 1. The summed E-state index contributed by atoms with van der Waals surface area (Å²) in [6.07, 6.45) is 9.89. The molecular formula is C26H30N4O2S. The second-order valence-electron chi connectivity index (χ2n) is 10.3. The third-order valence-corrected chi connectivity index (χ3v) is 8.77. The van der Waals surface area contributed by atoms with Gasteiger partial charge in [0.05, 0.1) is 18.6 Å². The molecule has 3 aromatic rings. The van der Waals surface area contributed by atoms with Crippen molar-refractivity contribution in [2.45, 2.75) is 50.2 Å². The summed E-state index contributed by atoms with van der Waals surface area (Å²) in [4.78, 5) is 12.8. The zero-order valence-electron chi connectivity index (χ0n) is 18.8. The van der Waals surface area contributed by atoms with Crippen LogP contribution in [0.15, 0.2) is 58.3 Å². The van der Waals surface area contributed by atoms with Crippen molar-refractivity contribution < 1.29 is 9.21 Å². The molecule has 0 aliphatic heterocycles. The van der Waals surface area contributed by atoms with Crippen molar-refractivity contribution in [1.29, 1.82) is 0 Å². The Morgan fingerprint density at radius 2 is 1.76 bits per heavy atom. The molecule has 2 aromatic heterocycles. The van der Waals surface area contributed by atoms with E-state index in [0.717, 1.165) is 46.6 Å². The normalized spacial score (nSPS) is 27.7. The number of hydrogen-bond acceptors (Lipinski definition) is 5. The zero-order chi connectivity index (χ0) is 22.3. The molecule has 4 saturated carbocycles. The first-order valence-electron chi connectivity index (χ1n) is 12.1. The molecule has 4 aliphatic rings. The van der Waals surface area contributed by atoms with E-state index in [2.05, 4.69) is 15.5 Å². The Balaban J connectivity index is 1.12. The van der Waals surface area contributed by atoms with Crippen LogP contribution in [-0.4, -0.2) is 33.0 Å². The fourth-order valence-electron chi connectivity index (χ4n) is 6.87.